The molecule has 0 radical (unpaired) electrons. The van der Waals surface area contributed by atoms with Gasteiger partial charge in [0.1, 0.15) is 6.61 Å². The van der Waals surface area contributed by atoms with E-state index in [9.17, 15) is 9.59 Å². The molecule has 25 heavy (non-hydrogen) atoms. The number of carbonyl (C=O) groups excluding carboxylic acids is 2. The Kier molecular flexibility index (Phi) is 6.80. The minimum Gasteiger partial charge on any atom is -0.457 e. The molecular formula is C22H32O3. The maximum Gasteiger partial charge on any atom is 0.313 e. The van der Waals surface area contributed by atoms with Crippen LogP contribution in [0.4, 0.5) is 0 Å². The smallest absolute Gasteiger partial charge is 0.313 e. The van der Waals surface area contributed by atoms with Gasteiger partial charge < -0.3 is 4.74 Å². The summed E-state index contributed by atoms with van der Waals surface area (Å²) in [5.41, 5.74) is 2.35. The molecule has 0 aromatic heterocycles. The van der Waals surface area contributed by atoms with Crippen molar-refractivity contribution in [2.75, 3.05) is 6.61 Å². The van der Waals surface area contributed by atoms with Gasteiger partial charge in [0.15, 0.2) is 5.78 Å². The quantitative estimate of drug-likeness (QED) is 0.669. The van der Waals surface area contributed by atoms with E-state index < -0.39 is 0 Å². The number of hydrogen-bond donors (Lipinski definition) is 0. The Morgan fingerprint density at radius 1 is 1.08 bits per heavy atom. The third-order valence-electron chi connectivity index (χ3n) is 5.18. The number of ether oxygens (including phenoxy) is 1. The molecule has 0 aliphatic heterocycles. The normalized spacial score (nSPS) is 17.1. The number of ketones is 1. The summed E-state index contributed by atoms with van der Waals surface area (Å²) >= 11 is 0. The van der Waals surface area contributed by atoms with Crippen LogP contribution in [0.15, 0.2) is 24.3 Å². The summed E-state index contributed by atoms with van der Waals surface area (Å²) in [5.74, 6) is -0.0699. The number of carbonyl (C=O) groups is 2. The van der Waals surface area contributed by atoms with Crippen LogP contribution < -0.4 is 0 Å². The summed E-state index contributed by atoms with van der Waals surface area (Å²) in [6.07, 6.45) is 7.01. The van der Waals surface area contributed by atoms with Gasteiger partial charge in [-0.05, 0) is 35.8 Å². The highest BCUT2D eigenvalue weighted by atomic mass is 16.5. The Morgan fingerprint density at radius 2 is 1.68 bits per heavy atom. The average Bonchev–Trinajstić information content (AvgIpc) is 2.58. The summed E-state index contributed by atoms with van der Waals surface area (Å²) < 4.78 is 5.27. The lowest BCUT2D eigenvalue weighted by Crippen LogP contribution is -2.22. The van der Waals surface area contributed by atoms with Crippen molar-refractivity contribution < 1.29 is 14.3 Å². The molecule has 3 heteroatoms. The van der Waals surface area contributed by atoms with Crippen LogP contribution in [0, 0.1) is 5.92 Å². The molecule has 1 fully saturated rings. The number of rotatable bonds is 6. The van der Waals surface area contributed by atoms with Crippen LogP contribution in [0.3, 0.4) is 0 Å². The molecule has 0 heterocycles. The Morgan fingerprint density at radius 3 is 2.20 bits per heavy atom. The molecule has 1 aliphatic rings. The first-order valence-electron chi connectivity index (χ1n) is 9.54. The SMILES string of the molecule is CC(=O)COC(=O)C(CC1CCCCC1)c1ccc(C(C)(C)C)cc1. The molecule has 138 valence electrons. The van der Waals surface area contributed by atoms with Gasteiger partial charge in [0.2, 0.25) is 0 Å². The average molecular weight is 344 g/mol. The number of esters is 1. The molecular weight excluding hydrogens is 312 g/mol. The predicted molar refractivity (Wildman–Crippen MR) is 101 cm³/mol. The van der Waals surface area contributed by atoms with E-state index in [1.807, 2.05) is 0 Å². The molecule has 1 aromatic rings. The van der Waals surface area contributed by atoms with Crippen LogP contribution in [0.1, 0.15) is 83.3 Å². The van der Waals surface area contributed by atoms with Crippen LogP contribution >= 0.6 is 0 Å². The second kappa shape index (κ2) is 8.64. The fraction of sp³-hybridized carbons (Fsp3) is 0.636. The van der Waals surface area contributed by atoms with E-state index in [0.29, 0.717) is 5.92 Å². The van der Waals surface area contributed by atoms with Gasteiger partial charge >= 0.3 is 5.97 Å². The summed E-state index contributed by atoms with van der Waals surface area (Å²) in [7, 11) is 0. The highest BCUT2D eigenvalue weighted by Gasteiger charge is 2.27. The van der Waals surface area contributed by atoms with Crippen molar-refractivity contribution in [2.24, 2.45) is 5.92 Å². The zero-order valence-electron chi connectivity index (χ0n) is 16.1. The zero-order valence-corrected chi connectivity index (χ0v) is 16.1. The van der Waals surface area contributed by atoms with E-state index in [0.717, 1.165) is 12.0 Å². The van der Waals surface area contributed by atoms with Gasteiger partial charge in [0.25, 0.3) is 0 Å². The molecule has 0 spiro atoms. The number of hydrogen-bond acceptors (Lipinski definition) is 3. The molecule has 1 aliphatic carbocycles. The fourth-order valence-electron chi connectivity index (χ4n) is 3.61. The first kappa shape index (κ1) is 19.7. The molecule has 2 rings (SSSR count). The molecule has 1 atom stereocenters. The second-order valence-electron chi connectivity index (χ2n) is 8.47. The standard InChI is InChI=1S/C22H32O3/c1-16(23)15-25-21(24)20(14-17-8-6-5-7-9-17)18-10-12-19(13-11-18)22(2,3)4/h10-13,17,20H,5-9,14-15H2,1-4H3. The molecule has 1 aromatic carbocycles. The third kappa shape index (κ3) is 5.98. The topological polar surface area (TPSA) is 43.4 Å². The fourth-order valence-corrected chi connectivity index (χ4v) is 3.61. The molecule has 0 N–H and O–H groups in total. The van der Waals surface area contributed by atoms with Crippen molar-refractivity contribution >= 4 is 11.8 Å². The largest absolute Gasteiger partial charge is 0.457 e. The van der Waals surface area contributed by atoms with Crippen molar-refractivity contribution in [3.63, 3.8) is 0 Å². The van der Waals surface area contributed by atoms with Gasteiger partial charge in [-0.2, -0.15) is 0 Å². The first-order chi connectivity index (χ1) is 11.8. The molecule has 3 nitrogen and oxygen atoms in total. The van der Waals surface area contributed by atoms with Crippen molar-refractivity contribution in [1.82, 2.24) is 0 Å². The zero-order chi connectivity index (χ0) is 18.4. The minimum atomic E-state index is -0.267. The molecule has 0 bridgehead atoms. The summed E-state index contributed by atoms with van der Waals surface area (Å²) in [5, 5.41) is 0. The summed E-state index contributed by atoms with van der Waals surface area (Å²) in [6.45, 7) is 7.87. The Labute approximate surface area is 152 Å². The first-order valence-corrected chi connectivity index (χ1v) is 9.54. The van der Waals surface area contributed by atoms with E-state index >= 15 is 0 Å². The lowest BCUT2D eigenvalue weighted by molar-refractivity contribution is -0.149. The number of Topliss-reactive ketones (excluding diaryl/α,β-unsaturated/α-hetero) is 1. The Bertz CT molecular complexity index is 574. The van der Waals surface area contributed by atoms with Crippen molar-refractivity contribution in [3.05, 3.63) is 35.4 Å². The second-order valence-corrected chi connectivity index (χ2v) is 8.47. The lowest BCUT2D eigenvalue weighted by atomic mass is 9.79. The van der Waals surface area contributed by atoms with E-state index in [2.05, 4.69) is 45.0 Å². The summed E-state index contributed by atoms with van der Waals surface area (Å²) in [4.78, 5) is 23.8. The van der Waals surface area contributed by atoms with Crippen LogP contribution in [-0.4, -0.2) is 18.4 Å². The maximum absolute atomic E-state index is 12.6. The van der Waals surface area contributed by atoms with E-state index in [1.165, 1.54) is 44.6 Å². The lowest BCUT2D eigenvalue weighted by Gasteiger charge is -2.26. The predicted octanol–water partition coefficient (Wildman–Crippen LogP) is 5.17. The van der Waals surface area contributed by atoms with Gasteiger partial charge in [-0.1, -0.05) is 77.1 Å². The van der Waals surface area contributed by atoms with E-state index in [-0.39, 0.29) is 29.7 Å². The molecule has 0 saturated heterocycles. The highest BCUT2D eigenvalue weighted by Crippen LogP contribution is 2.34. The van der Waals surface area contributed by atoms with Crippen LogP contribution in [0.25, 0.3) is 0 Å². The highest BCUT2D eigenvalue weighted by molar-refractivity contribution is 5.83. The summed E-state index contributed by atoms with van der Waals surface area (Å²) in [6, 6.07) is 8.34. The third-order valence-corrected chi connectivity index (χ3v) is 5.18. The Hall–Kier alpha value is -1.64. The van der Waals surface area contributed by atoms with Crippen LogP contribution in [0.2, 0.25) is 0 Å². The van der Waals surface area contributed by atoms with Crippen molar-refractivity contribution in [3.8, 4) is 0 Å². The van der Waals surface area contributed by atoms with Crippen molar-refractivity contribution in [2.45, 2.75) is 77.6 Å². The van der Waals surface area contributed by atoms with Gasteiger partial charge in [-0.25, -0.2) is 0 Å². The Balaban J connectivity index is 2.17. The van der Waals surface area contributed by atoms with Crippen LogP contribution in [0.5, 0.6) is 0 Å². The molecule has 1 saturated carbocycles. The monoisotopic (exact) mass is 344 g/mol. The maximum atomic E-state index is 12.6. The van der Waals surface area contributed by atoms with E-state index in [4.69, 9.17) is 4.74 Å². The number of benzene rings is 1. The van der Waals surface area contributed by atoms with Gasteiger partial charge in [0.05, 0.1) is 5.92 Å². The van der Waals surface area contributed by atoms with Gasteiger partial charge in [-0.15, -0.1) is 0 Å². The van der Waals surface area contributed by atoms with Crippen molar-refractivity contribution in [1.29, 1.82) is 0 Å². The van der Waals surface area contributed by atoms with E-state index in [1.54, 1.807) is 0 Å². The minimum absolute atomic E-state index is 0.0898. The van der Waals surface area contributed by atoms with Gasteiger partial charge in [-0.3, -0.25) is 9.59 Å². The molecule has 0 amide bonds. The van der Waals surface area contributed by atoms with Crippen LogP contribution in [-0.2, 0) is 19.7 Å². The molecule has 1 unspecified atom stereocenters. The van der Waals surface area contributed by atoms with Gasteiger partial charge in [0, 0.05) is 0 Å².